The molecule has 15 heavy (non-hydrogen) atoms. The minimum absolute atomic E-state index is 0.330. The summed E-state index contributed by atoms with van der Waals surface area (Å²) in [5.74, 6) is 0.959. The lowest BCUT2D eigenvalue weighted by Crippen LogP contribution is -2.28. The van der Waals surface area contributed by atoms with Gasteiger partial charge >= 0.3 is 0 Å². The van der Waals surface area contributed by atoms with Crippen LogP contribution in [-0.2, 0) is 0 Å². The molecule has 0 radical (unpaired) electrons. The largest absolute Gasteiger partial charge is 0.496 e. The fraction of sp³-hybridized carbons (Fsp3) is 0.538. The van der Waals surface area contributed by atoms with Crippen molar-refractivity contribution in [3.63, 3.8) is 0 Å². The van der Waals surface area contributed by atoms with Crippen LogP contribution in [0.2, 0.25) is 0 Å². The van der Waals surface area contributed by atoms with Gasteiger partial charge in [0.2, 0.25) is 0 Å². The molecular formula is C13H21NO. The molecule has 0 spiro atoms. The molecule has 1 N–H and O–H groups in total. The molecular weight excluding hydrogens is 186 g/mol. The summed E-state index contributed by atoms with van der Waals surface area (Å²) >= 11 is 0. The second-order valence-electron chi connectivity index (χ2n) is 3.94. The van der Waals surface area contributed by atoms with Gasteiger partial charge in [0.05, 0.1) is 7.11 Å². The average Bonchev–Trinajstić information content (AvgIpc) is 2.28. The normalized spacial score (nSPS) is 14.7. The highest BCUT2D eigenvalue weighted by Crippen LogP contribution is 2.24. The second kappa shape index (κ2) is 5.76. The third-order valence-electron chi connectivity index (χ3n) is 2.75. The molecule has 0 bridgehead atoms. The van der Waals surface area contributed by atoms with Crippen molar-refractivity contribution in [2.24, 2.45) is 0 Å². The first-order valence-corrected chi connectivity index (χ1v) is 5.58. The summed E-state index contributed by atoms with van der Waals surface area (Å²) in [6, 6.07) is 9.02. The van der Waals surface area contributed by atoms with Crippen molar-refractivity contribution >= 4 is 0 Å². The van der Waals surface area contributed by atoms with Gasteiger partial charge in [0.15, 0.2) is 0 Å². The zero-order valence-electron chi connectivity index (χ0n) is 10.1. The quantitative estimate of drug-likeness (QED) is 0.801. The van der Waals surface area contributed by atoms with Crippen LogP contribution >= 0.6 is 0 Å². The maximum absolute atomic E-state index is 5.34. The molecule has 84 valence electrons. The molecule has 0 saturated carbocycles. The SMILES string of the molecule is CCC(C)NC(C)c1ccccc1OC. The topological polar surface area (TPSA) is 21.3 Å². The van der Waals surface area contributed by atoms with Gasteiger partial charge in [-0.25, -0.2) is 0 Å². The van der Waals surface area contributed by atoms with Gasteiger partial charge in [-0.15, -0.1) is 0 Å². The monoisotopic (exact) mass is 207 g/mol. The van der Waals surface area contributed by atoms with E-state index < -0.39 is 0 Å². The van der Waals surface area contributed by atoms with E-state index in [-0.39, 0.29) is 0 Å². The third-order valence-corrected chi connectivity index (χ3v) is 2.75. The highest BCUT2D eigenvalue weighted by Gasteiger charge is 2.11. The fourth-order valence-corrected chi connectivity index (χ4v) is 1.66. The lowest BCUT2D eigenvalue weighted by atomic mass is 10.1. The maximum Gasteiger partial charge on any atom is 0.123 e. The van der Waals surface area contributed by atoms with Crippen LogP contribution < -0.4 is 10.1 Å². The van der Waals surface area contributed by atoms with E-state index in [0.717, 1.165) is 12.2 Å². The highest BCUT2D eigenvalue weighted by molar-refractivity contribution is 5.35. The number of ether oxygens (including phenoxy) is 1. The number of nitrogens with one attached hydrogen (secondary N) is 1. The smallest absolute Gasteiger partial charge is 0.123 e. The van der Waals surface area contributed by atoms with Crippen molar-refractivity contribution < 1.29 is 4.74 Å². The lowest BCUT2D eigenvalue weighted by Gasteiger charge is -2.20. The number of rotatable bonds is 5. The highest BCUT2D eigenvalue weighted by atomic mass is 16.5. The second-order valence-corrected chi connectivity index (χ2v) is 3.94. The molecule has 0 fully saturated rings. The molecule has 2 atom stereocenters. The van der Waals surface area contributed by atoms with Gasteiger partial charge in [-0.05, 0) is 26.3 Å². The molecule has 2 heteroatoms. The van der Waals surface area contributed by atoms with Crippen LogP contribution in [0.15, 0.2) is 24.3 Å². The summed E-state index contributed by atoms with van der Waals surface area (Å²) in [7, 11) is 1.72. The van der Waals surface area contributed by atoms with Gasteiger partial charge in [-0.1, -0.05) is 25.1 Å². The van der Waals surface area contributed by atoms with E-state index in [1.807, 2.05) is 18.2 Å². The van der Waals surface area contributed by atoms with E-state index in [1.165, 1.54) is 5.56 Å². The van der Waals surface area contributed by atoms with Crippen LogP contribution in [0.5, 0.6) is 5.75 Å². The van der Waals surface area contributed by atoms with E-state index in [9.17, 15) is 0 Å². The van der Waals surface area contributed by atoms with Crippen molar-refractivity contribution in [1.82, 2.24) is 5.32 Å². The van der Waals surface area contributed by atoms with Crippen molar-refractivity contribution in [2.45, 2.75) is 39.3 Å². The Bertz CT molecular complexity index is 298. The van der Waals surface area contributed by atoms with Gasteiger partial charge < -0.3 is 10.1 Å². The van der Waals surface area contributed by atoms with Crippen LogP contribution in [0.1, 0.15) is 38.8 Å². The first-order valence-electron chi connectivity index (χ1n) is 5.58. The average molecular weight is 207 g/mol. The Hall–Kier alpha value is -1.02. The molecule has 0 saturated heterocycles. The van der Waals surface area contributed by atoms with Crippen LogP contribution in [-0.4, -0.2) is 13.2 Å². The van der Waals surface area contributed by atoms with Crippen molar-refractivity contribution in [1.29, 1.82) is 0 Å². The van der Waals surface area contributed by atoms with E-state index in [4.69, 9.17) is 4.74 Å². The minimum Gasteiger partial charge on any atom is -0.496 e. The zero-order chi connectivity index (χ0) is 11.3. The van der Waals surface area contributed by atoms with Gasteiger partial charge in [0, 0.05) is 17.6 Å². The molecule has 2 unspecified atom stereocenters. The fourth-order valence-electron chi connectivity index (χ4n) is 1.66. The first-order chi connectivity index (χ1) is 7.19. The minimum atomic E-state index is 0.330. The predicted molar refractivity (Wildman–Crippen MR) is 64.3 cm³/mol. The van der Waals surface area contributed by atoms with Crippen LogP contribution in [0, 0.1) is 0 Å². The maximum atomic E-state index is 5.34. The first kappa shape index (κ1) is 12.1. The van der Waals surface area contributed by atoms with Crippen molar-refractivity contribution in [3.05, 3.63) is 29.8 Å². The third kappa shape index (κ3) is 3.24. The summed E-state index contributed by atoms with van der Waals surface area (Å²) < 4.78 is 5.34. The van der Waals surface area contributed by atoms with Crippen LogP contribution in [0.4, 0.5) is 0 Å². The van der Waals surface area contributed by atoms with E-state index in [1.54, 1.807) is 7.11 Å². The lowest BCUT2D eigenvalue weighted by molar-refractivity contribution is 0.394. The van der Waals surface area contributed by atoms with Gasteiger partial charge in [0.1, 0.15) is 5.75 Å². The van der Waals surface area contributed by atoms with Gasteiger partial charge in [-0.3, -0.25) is 0 Å². The number of benzene rings is 1. The Morgan fingerprint density at radius 2 is 1.93 bits per heavy atom. The Kier molecular flexibility index (Phi) is 4.63. The summed E-state index contributed by atoms with van der Waals surface area (Å²) in [5.41, 5.74) is 1.22. The van der Waals surface area contributed by atoms with Crippen LogP contribution in [0.25, 0.3) is 0 Å². The number of hydrogen-bond acceptors (Lipinski definition) is 2. The molecule has 0 aliphatic carbocycles. The Labute approximate surface area is 92.6 Å². The number of methoxy groups -OCH3 is 1. The summed E-state index contributed by atoms with van der Waals surface area (Å²) in [5, 5.41) is 3.54. The molecule has 0 heterocycles. The molecule has 0 aliphatic heterocycles. The standard InChI is InChI=1S/C13H21NO/c1-5-10(2)14-11(3)12-8-6-7-9-13(12)15-4/h6-11,14H,5H2,1-4H3. The Morgan fingerprint density at radius 3 is 2.53 bits per heavy atom. The van der Waals surface area contributed by atoms with E-state index >= 15 is 0 Å². The molecule has 1 rings (SSSR count). The van der Waals surface area contributed by atoms with Gasteiger partial charge in [-0.2, -0.15) is 0 Å². The van der Waals surface area contributed by atoms with Crippen molar-refractivity contribution in [3.8, 4) is 5.75 Å². The summed E-state index contributed by atoms with van der Waals surface area (Å²) in [6.07, 6.45) is 1.14. The summed E-state index contributed by atoms with van der Waals surface area (Å²) in [6.45, 7) is 6.56. The molecule has 1 aromatic rings. The molecule has 0 aliphatic rings. The number of para-hydroxylation sites is 1. The molecule has 0 aromatic heterocycles. The molecule has 0 amide bonds. The zero-order valence-corrected chi connectivity index (χ0v) is 10.1. The van der Waals surface area contributed by atoms with Crippen LogP contribution in [0.3, 0.4) is 0 Å². The Morgan fingerprint density at radius 1 is 1.27 bits per heavy atom. The summed E-state index contributed by atoms with van der Waals surface area (Å²) in [4.78, 5) is 0. The molecule has 2 nitrogen and oxygen atoms in total. The predicted octanol–water partition coefficient (Wildman–Crippen LogP) is 3.14. The van der Waals surface area contributed by atoms with E-state index in [0.29, 0.717) is 12.1 Å². The van der Waals surface area contributed by atoms with Crippen molar-refractivity contribution in [2.75, 3.05) is 7.11 Å². The number of hydrogen-bond donors (Lipinski definition) is 1. The van der Waals surface area contributed by atoms with E-state index in [2.05, 4.69) is 32.2 Å². The van der Waals surface area contributed by atoms with Gasteiger partial charge in [0.25, 0.3) is 0 Å². The molecule has 1 aromatic carbocycles. The Balaban J connectivity index is 2.76.